The number of hydrogen-bond acceptors (Lipinski definition) is 4. The van der Waals surface area contributed by atoms with Gasteiger partial charge in [-0.05, 0) is 12.1 Å². The van der Waals surface area contributed by atoms with Crippen LogP contribution in [0.15, 0.2) is 36.5 Å². The molecule has 2 rings (SSSR count). The molecule has 16 heavy (non-hydrogen) atoms. The maximum Gasteiger partial charge on any atom is 0.495 e. The molecule has 0 radical (unpaired) electrons. The minimum atomic E-state index is -1.59. The molecule has 1 heterocycles. The number of ether oxygens (including phenoxy) is 1. The van der Waals surface area contributed by atoms with Crippen LogP contribution in [-0.2, 0) is 7.05 Å². The Kier molecular flexibility index (Phi) is 2.94. The van der Waals surface area contributed by atoms with Gasteiger partial charge in [-0.2, -0.15) is 0 Å². The number of hydrogen-bond donors (Lipinski definition) is 2. The van der Waals surface area contributed by atoms with E-state index in [-0.39, 0.29) is 11.3 Å². The van der Waals surface area contributed by atoms with Gasteiger partial charge >= 0.3 is 7.12 Å². The van der Waals surface area contributed by atoms with Crippen LogP contribution in [-0.4, -0.2) is 26.9 Å². The van der Waals surface area contributed by atoms with E-state index < -0.39 is 7.12 Å². The third-order valence-electron chi connectivity index (χ3n) is 2.06. The van der Waals surface area contributed by atoms with Crippen molar-refractivity contribution in [1.82, 2.24) is 9.78 Å². The second-order valence-electron chi connectivity index (χ2n) is 3.35. The maximum absolute atomic E-state index is 9.12. The summed E-state index contributed by atoms with van der Waals surface area (Å²) in [6.07, 6.45) is 1.50. The molecular weight excluding hydrogens is 207 g/mol. The summed E-state index contributed by atoms with van der Waals surface area (Å²) in [5, 5.41) is 22.2. The number of aromatic nitrogens is 2. The SMILES string of the molecule is Cn1cc(B(O)O)c(Oc2ccccc2)n1. The molecule has 0 aliphatic carbocycles. The van der Waals surface area contributed by atoms with Crippen molar-refractivity contribution in [3.05, 3.63) is 36.5 Å². The lowest BCUT2D eigenvalue weighted by molar-refractivity contribution is 0.418. The smallest absolute Gasteiger partial charge is 0.438 e. The Morgan fingerprint density at radius 2 is 1.94 bits per heavy atom. The average Bonchev–Trinajstić information content (AvgIpc) is 2.61. The summed E-state index contributed by atoms with van der Waals surface area (Å²) in [5.41, 5.74) is 0.242. The summed E-state index contributed by atoms with van der Waals surface area (Å²) in [6.45, 7) is 0. The molecule has 5 nitrogen and oxygen atoms in total. The molecule has 0 amide bonds. The summed E-state index contributed by atoms with van der Waals surface area (Å²) in [5.74, 6) is 0.798. The molecule has 0 bridgehead atoms. The zero-order valence-corrected chi connectivity index (χ0v) is 8.74. The third kappa shape index (κ3) is 2.24. The van der Waals surface area contributed by atoms with Gasteiger partial charge in [-0.3, -0.25) is 4.68 Å². The van der Waals surface area contributed by atoms with Gasteiger partial charge in [0.25, 0.3) is 0 Å². The second-order valence-corrected chi connectivity index (χ2v) is 3.35. The van der Waals surface area contributed by atoms with Crippen LogP contribution in [0.3, 0.4) is 0 Å². The molecule has 0 saturated carbocycles. The molecule has 82 valence electrons. The Labute approximate surface area is 93.1 Å². The van der Waals surface area contributed by atoms with Crippen molar-refractivity contribution >= 4 is 12.6 Å². The fourth-order valence-electron chi connectivity index (χ4n) is 1.34. The fraction of sp³-hybridized carbons (Fsp3) is 0.100. The molecule has 0 atom stereocenters. The molecule has 0 fully saturated rings. The van der Waals surface area contributed by atoms with E-state index in [4.69, 9.17) is 14.8 Å². The van der Waals surface area contributed by atoms with Crippen molar-refractivity contribution in [1.29, 1.82) is 0 Å². The van der Waals surface area contributed by atoms with Gasteiger partial charge in [0, 0.05) is 13.2 Å². The molecule has 0 aliphatic heterocycles. The summed E-state index contributed by atoms with van der Waals surface area (Å²) >= 11 is 0. The zero-order chi connectivity index (χ0) is 11.5. The Hall–Kier alpha value is -1.79. The molecule has 2 N–H and O–H groups in total. The van der Waals surface area contributed by atoms with Crippen molar-refractivity contribution < 1.29 is 14.8 Å². The van der Waals surface area contributed by atoms with Crippen LogP contribution < -0.4 is 10.2 Å². The molecule has 0 aliphatic rings. The van der Waals surface area contributed by atoms with Crippen molar-refractivity contribution in [3.8, 4) is 11.6 Å². The topological polar surface area (TPSA) is 67.5 Å². The van der Waals surface area contributed by atoms with E-state index in [9.17, 15) is 0 Å². The number of benzene rings is 1. The van der Waals surface area contributed by atoms with Crippen LogP contribution in [0.2, 0.25) is 0 Å². The highest BCUT2D eigenvalue weighted by Gasteiger charge is 2.21. The number of nitrogens with zero attached hydrogens (tertiary/aromatic N) is 2. The standard InChI is InChI=1S/C10H11BN2O3/c1-13-7-9(11(14)15)10(12-13)16-8-5-3-2-4-6-8/h2-7,14-15H,1H3. The number of rotatable bonds is 3. The highest BCUT2D eigenvalue weighted by atomic mass is 16.5. The Morgan fingerprint density at radius 3 is 2.56 bits per heavy atom. The zero-order valence-electron chi connectivity index (χ0n) is 8.74. The van der Waals surface area contributed by atoms with Crippen LogP contribution in [0, 0.1) is 0 Å². The van der Waals surface area contributed by atoms with E-state index in [1.807, 2.05) is 18.2 Å². The van der Waals surface area contributed by atoms with Gasteiger partial charge in [0.05, 0.1) is 5.46 Å². The summed E-state index contributed by atoms with van der Waals surface area (Å²) in [7, 11) is 0.0939. The third-order valence-corrected chi connectivity index (χ3v) is 2.06. The van der Waals surface area contributed by atoms with Gasteiger partial charge < -0.3 is 14.8 Å². The minimum absolute atomic E-state index is 0.198. The first-order chi connectivity index (χ1) is 7.66. The molecule has 1 aromatic heterocycles. The summed E-state index contributed by atoms with van der Waals surface area (Å²) in [6, 6.07) is 9.05. The fourth-order valence-corrected chi connectivity index (χ4v) is 1.34. The first-order valence-electron chi connectivity index (χ1n) is 4.79. The van der Waals surface area contributed by atoms with E-state index in [1.165, 1.54) is 10.9 Å². The normalized spacial score (nSPS) is 10.2. The quantitative estimate of drug-likeness (QED) is 0.705. The van der Waals surface area contributed by atoms with Gasteiger partial charge in [0.1, 0.15) is 5.75 Å². The molecule has 2 aromatic rings. The van der Waals surface area contributed by atoms with Crippen LogP contribution >= 0.6 is 0 Å². The van der Waals surface area contributed by atoms with E-state index in [2.05, 4.69) is 5.10 Å². The van der Waals surface area contributed by atoms with E-state index in [0.717, 1.165) is 0 Å². The summed E-state index contributed by atoms with van der Waals surface area (Å²) in [4.78, 5) is 0. The molecular formula is C10H11BN2O3. The van der Waals surface area contributed by atoms with E-state index in [1.54, 1.807) is 19.2 Å². The largest absolute Gasteiger partial charge is 0.495 e. The van der Waals surface area contributed by atoms with Gasteiger partial charge in [-0.1, -0.05) is 18.2 Å². The maximum atomic E-state index is 9.12. The predicted octanol–water partition coefficient (Wildman–Crippen LogP) is -0.108. The van der Waals surface area contributed by atoms with Crippen molar-refractivity contribution in [2.45, 2.75) is 0 Å². The van der Waals surface area contributed by atoms with Gasteiger partial charge in [-0.25, -0.2) is 0 Å². The first kappa shape index (κ1) is 10.7. The highest BCUT2D eigenvalue weighted by molar-refractivity contribution is 6.59. The van der Waals surface area contributed by atoms with Crippen LogP contribution in [0.1, 0.15) is 0 Å². The van der Waals surface area contributed by atoms with Gasteiger partial charge in [-0.15, -0.1) is 5.10 Å². The molecule has 0 unspecified atom stereocenters. The lowest BCUT2D eigenvalue weighted by Gasteiger charge is -2.03. The Bertz CT molecular complexity index is 470. The van der Waals surface area contributed by atoms with E-state index in [0.29, 0.717) is 5.75 Å². The van der Waals surface area contributed by atoms with E-state index >= 15 is 0 Å². The lowest BCUT2D eigenvalue weighted by atomic mass is 9.82. The van der Waals surface area contributed by atoms with Gasteiger partial charge in [0.15, 0.2) is 0 Å². The highest BCUT2D eigenvalue weighted by Crippen LogP contribution is 2.16. The number of aryl methyl sites for hydroxylation is 1. The Morgan fingerprint density at radius 1 is 1.25 bits per heavy atom. The van der Waals surface area contributed by atoms with Gasteiger partial charge in [0.2, 0.25) is 5.88 Å². The van der Waals surface area contributed by atoms with Crippen molar-refractivity contribution in [2.75, 3.05) is 0 Å². The van der Waals surface area contributed by atoms with Crippen molar-refractivity contribution in [3.63, 3.8) is 0 Å². The second kappa shape index (κ2) is 4.38. The van der Waals surface area contributed by atoms with Crippen molar-refractivity contribution in [2.24, 2.45) is 7.05 Å². The molecule has 0 saturated heterocycles. The van der Waals surface area contributed by atoms with Crippen LogP contribution in [0.4, 0.5) is 0 Å². The minimum Gasteiger partial charge on any atom is -0.438 e. The molecule has 0 spiro atoms. The molecule has 1 aromatic carbocycles. The average molecular weight is 218 g/mol. The monoisotopic (exact) mass is 218 g/mol. The predicted molar refractivity (Wildman–Crippen MR) is 59.5 cm³/mol. The number of para-hydroxylation sites is 1. The first-order valence-corrected chi connectivity index (χ1v) is 4.79. The van der Waals surface area contributed by atoms with Crippen LogP contribution in [0.25, 0.3) is 0 Å². The Balaban J connectivity index is 2.28. The molecule has 6 heteroatoms. The van der Waals surface area contributed by atoms with Crippen LogP contribution in [0.5, 0.6) is 11.6 Å². The lowest BCUT2D eigenvalue weighted by Crippen LogP contribution is -2.29. The summed E-state index contributed by atoms with van der Waals surface area (Å²) < 4.78 is 6.90.